The number of rotatable bonds is 7. The zero-order valence-corrected chi connectivity index (χ0v) is 17.5. The molecule has 4 nitrogen and oxygen atoms in total. The predicted molar refractivity (Wildman–Crippen MR) is 110 cm³/mol. The van der Waals surface area contributed by atoms with Gasteiger partial charge in [0.15, 0.2) is 0 Å². The van der Waals surface area contributed by atoms with E-state index in [0.29, 0.717) is 11.1 Å². The van der Waals surface area contributed by atoms with E-state index in [1.807, 2.05) is 26.0 Å². The molecule has 0 radical (unpaired) electrons. The number of alkyl halides is 3. The Labute approximate surface area is 180 Å². The van der Waals surface area contributed by atoms with Crippen LogP contribution in [0.5, 0.6) is 0 Å². The van der Waals surface area contributed by atoms with E-state index in [1.165, 1.54) is 12.1 Å². The second-order valence-corrected chi connectivity index (χ2v) is 8.28. The molecule has 1 amide bonds. The largest absolute Gasteiger partial charge is 0.416 e. The van der Waals surface area contributed by atoms with Crippen molar-refractivity contribution >= 4 is 5.91 Å². The average molecular weight is 430 g/mol. The van der Waals surface area contributed by atoms with Crippen LogP contribution in [0.4, 0.5) is 13.2 Å². The van der Waals surface area contributed by atoms with E-state index in [1.54, 1.807) is 12.1 Å². The quantitative estimate of drug-likeness (QED) is 0.647. The maximum absolute atomic E-state index is 13.1. The Kier molecular flexibility index (Phi) is 6.71. The Balaban J connectivity index is 1.68. The first-order chi connectivity index (χ1) is 14.6. The molecule has 1 unspecified atom stereocenters. The highest BCUT2D eigenvalue weighted by atomic mass is 19.4. The van der Waals surface area contributed by atoms with Crippen LogP contribution < -0.4 is 5.32 Å². The number of benzene rings is 2. The average Bonchev–Trinajstić information content (AvgIpc) is 2.70. The molecule has 2 aromatic carbocycles. The highest BCUT2D eigenvalue weighted by Gasteiger charge is 2.41. The summed E-state index contributed by atoms with van der Waals surface area (Å²) >= 11 is 0. The maximum atomic E-state index is 13.1. The summed E-state index contributed by atoms with van der Waals surface area (Å²) in [6.07, 6.45) is -2.54. The third-order valence-corrected chi connectivity index (χ3v) is 5.71. The fourth-order valence-corrected chi connectivity index (χ4v) is 3.73. The molecule has 1 aliphatic rings. The molecule has 0 aliphatic heterocycles. The Bertz CT molecular complexity index is 941. The van der Waals surface area contributed by atoms with Gasteiger partial charge in [0, 0.05) is 0 Å². The maximum Gasteiger partial charge on any atom is 0.416 e. The van der Waals surface area contributed by atoms with E-state index >= 15 is 0 Å². The molecular formula is C24H25F3N2O2. The van der Waals surface area contributed by atoms with Gasteiger partial charge in [0.05, 0.1) is 29.3 Å². The highest BCUT2D eigenvalue weighted by Crippen LogP contribution is 2.41. The first-order valence-electron chi connectivity index (χ1n) is 10.2. The third kappa shape index (κ3) is 5.26. The first-order valence-corrected chi connectivity index (χ1v) is 10.2. The fourth-order valence-electron chi connectivity index (χ4n) is 3.73. The summed E-state index contributed by atoms with van der Waals surface area (Å²) in [5.74, 6) is -0.362. The van der Waals surface area contributed by atoms with E-state index in [-0.39, 0.29) is 18.4 Å². The van der Waals surface area contributed by atoms with Crippen LogP contribution in [0.2, 0.25) is 0 Å². The summed E-state index contributed by atoms with van der Waals surface area (Å²) in [7, 11) is 0. The predicted octanol–water partition coefficient (Wildman–Crippen LogP) is 5.31. The van der Waals surface area contributed by atoms with Crippen molar-refractivity contribution in [2.75, 3.05) is 0 Å². The summed E-state index contributed by atoms with van der Waals surface area (Å²) in [6.45, 7) is 3.77. The number of hydrogen-bond acceptors (Lipinski definition) is 3. The van der Waals surface area contributed by atoms with Gasteiger partial charge in [-0.25, -0.2) is 0 Å². The number of nitriles is 1. The molecule has 0 spiro atoms. The SMILES string of the molecule is CC(C)C(OCc1ccc(C(F)(F)F)cc1)C(=O)NC1(c2ccc(C#N)cc2)CCC1. The number of carbonyl (C=O) groups is 1. The molecule has 0 bridgehead atoms. The molecule has 0 heterocycles. The molecule has 1 atom stereocenters. The Morgan fingerprint density at radius 3 is 2.19 bits per heavy atom. The molecule has 1 fully saturated rings. The topological polar surface area (TPSA) is 62.1 Å². The van der Waals surface area contributed by atoms with Gasteiger partial charge in [-0.05, 0) is 60.6 Å². The van der Waals surface area contributed by atoms with E-state index in [2.05, 4.69) is 11.4 Å². The summed E-state index contributed by atoms with van der Waals surface area (Å²) in [6, 6.07) is 14.0. The minimum Gasteiger partial charge on any atom is -0.363 e. The van der Waals surface area contributed by atoms with Crippen LogP contribution in [-0.4, -0.2) is 12.0 Å². The number of carbonyl (C=O) groups excluding carboxylic acids is 1. The van der Waals surface area contributed by atoms with Crippen molar-refractivity contribution < 1.29 is 22.7 Å². The monoisotopic (exact) mass is 430 g/mol. The number of amides is 1. The van der Waals surface area contributed by atoms with Gasteiger partial charge < -0.3 is 10.1 Å². The fraction of sp³-hybridized carbons (Fsp3) is 0.417. The number of nitrogens with zero attached hydrogens (tertiary/aromatic N) is 1. The van der Waals surface area contributed by atoms with Gasteiger partial charge >= 0.3 is 6.18 Å². The van der Waals surface area contributed by atoms with E-state index in [0.717, 1.165) is 37.0 Å². The van der Waals surface area contributed by atoms with Crippen molar-refractivity contribution in [3.05, 3.63) is 70.8 Å². The lowest BCUT2D eigenvalue weighted by atomic mass is 9.71. The zero-order chi connectivity index (χ0) is 22.6. The van der Waals surface area contributed by atoms with Crippen LogP contribution in [-0.2, 0) is 27.9 Å². The second-order valence-electron chi connectivity index (χ2n) is 8.28. The van der Waals surface area contributed by atoms with Crippen molar-refractivity contribution in [3.8, 4) is 6.07 Å². The van der Waals surface area contributed by atoms with Crippen LogP contribution in [0.3, 0.4) is 0 Å². The van der Waals surface area contributed by atoms with Crippen molar-refractivity contribution in [2.24, 2.45) is 5.92 Å². The molecule has 1 aliphatic carbocycles. The molecule has 0 aromatic heterocycles. The lowest BCUT2D eigenvalue weighted by Crippen LogP contribution is -2.54. The summed E-state index contributed by atoms with van der Waals surface area (Å²) < 4.78 is 44.0. The van der Waals surface area contributed by atoms with Crippen molar-refractivity contribution in [1.29, 1.82) is 5.26 Å². The Morgan fingerprint density at radius 2 is 1.74 bits per heavy atom. The molecule has 7 heteroatoms. The number of halogens is 3. The Hall–Kier alpha value is -2.85. The lowest BCUT2D eigenvalue weighted by molar-refractivity contribution is -0.140. The highest BCUT2D eigenvalue weighted by molar-refractivity contribution is 5.82. The van der Waals surface area contributed by atoms with E-state index in [9.17, 15) is 18.0 Å². The zero-order valence-electron chi connectivity index (χ0n) is 17.5. The molecule has 3 rings (SSSR count). The minimum atomic E-state index is -4.39. The molecule has 31 heavy (non-hydrogen) atoms. The van der Waals surface area contributed by atoms with Crippen LogP contribution in [0.25, 0.3) is 0 Å². The van der Waals surface area contributed by atoms with Crippen molar-refractivity contribution in [3.63, 3.8) is 0 Å². The van der Waals surface area contributed by atoms with Crippen LogP contribution in [0, 0.1) is 17.2 Å². The minimum absolute atomic E-state index is 0.0400. The van der Waals surface area contributed by atoms with Crippen LogP contribution in [0.1, 0.15) is 55.4 Å². The third-order valence-electron chi connectivity index (χ3n) is 5.71. The van der Waals surface area contributed by atoms with Crippen LogP contribution in [0.15, 0.2) is 48.5 Å². The van der Waals surface area contributed by atoms with Gasteiger partial charge in [-0.1, -0.05) is 38.1 Å². The van der Waals surface area contributed by atoms with Gasteiger partial charge in [0.1, 0.15) is 6.10 Å². The number of ether oxygens (including phenoxy) is 1. The molecule has 164 valence electrons. The standard InChI is InChI=1S/C24H25F3N2O2/c1-16(2)21(31-15-18-6-10-20(11-7-18)24(25,26)27)22(30)29-23(12-3-13-23)19-8-4-17(14-28)5-9-19/h4-11,16,21H,3,12-13,15H2,1-2H3,(H,29,30). The molecule has 2 aromatic rings. The van der Waals surface area contributed by atoms with Gasteiger partial charge in [0.2, 0.25) is 5.91 Å². The number of hydrogen-bond donors (Lipinski definition) is 1. The van der Waals surface area contributed by atoms with E-state index in [4.69, 9.17) is 10.00 Å². The Morgan fingerprint density at radius 1 is 1.13 bits per heavy atom. The molecule has 0 saturated heterocycles. The second kappa shape index (κ2) is 9.11. The van der Waals surface area contributed by atoms with Gasteiger partial charge in [0.25, 0.3) is 0 Å². The molecular weight excluding hydrogens is 405 g/mol. The van der Waals surface area contributed by atoms with Gasteiger partial charge in [-0.15, -0.1) is 0 Å². The molecule has 1 saturated carbocycles. The summed E-state index contributed by atoms with van der Waals surface area (Å²) in [4.78, 5) is 13.1. The van der Waals surface area contributed by atoms with Gasteiger partial charge in [-0.3, -0.25) is 4.79 Å². The molecule has 1 N–H and O–H groups in total. The van der Waals surface area contributed by atoms with E-state index < -0.39 is 23.4 Å². The summed E-state index contributed by atoms with van der Waals surface area (Å²) in [5.41, 5.74) is 0.886. The van der Waals surface area contributed by atoms with Crippen LogP contribution >= 0.6 is 0 Å². The lowest BCUT2D eigenvalue weighted by Gasteiger charge is -2.44. The van der Waals surface area contributed by atoms with Gasteiger partial charge in [-0.2, -0.15) is 18.4 Å². The smallest absolute Gasteiger partial charge is 0.363 e. The van der Waals surface area contributed by atoms with Crippen molar-refractivity contribution in [2.45, 2.75) is 57.5 Å². The summed E-state index contributed by atoms with van der Waals surface area (Å²) in [5, 5.41) is 12.1. The first kappa shape index (κ1) is 22.8. The van der Waals surface area contributed by atoms with Crippen molar-refractivity contribution in [1.82, 2.24) is 5.32 Å². The normalized spacial score (nSPS) is 16.3. The number of nitrogens with one attached hydrogen (secondary N) is 1.